The lowest BCUT2D eigenvalue weighted by molar-refractivity contribution is -0.605. The summed E-state index contributed by atoms with van der Waals surface area (Å²) in [5.41, 5.74) is 4.29. The maximum Gasteiger partial charge on any atom is 0.282 e. The number of hydrogen-bond donors (Lipinski definition) is 0. The number of carbonyl (C=O) groups is 1. The Morgan fingerprint density at radius 2 is 1.51 bits per heavy atom. The molecule has 0 radical (unpaired) electrons. The molecule has 5 rings (SSSR count). The molecule has 0 bridgehead atoms. The van der Waals surface area contributed by atoms with E-state index in [0.29, 0.717) is 43.2 Å². The summed E-state index contributed by atoms with van der Waals surface area (Å²) in [6, 6.07) is 16.2. The van der Waals surface area contributed by atoms with Crippen molar-refractivity contribution in [2.45, 2.75) is 13.0 Å². The van der Waals surface area contributed by atoms with Gasteiger partial charge >= 0.3 is 0 Å². The van der Waals surface area contributed by atoms with Crippen LogP contribution in [0, 0.1) is 5.21 Å². The average Bonchev–Trinajstić information content (AvgIpc) is 2.89. The highest BCUT2D eigenvalue weighted by atomic mass is 35.5. The van der Waals surface area contributed by atoms with Crippen molar-refractivity contribution >= 4 is 27.7 Å². The molecule has 182 valence electrons. The minimum absolute atomic E-state index is 0.124. The van der Waals surface area contributed by atoms with Crippen LogP contribution in [0.2, 0.25) is 5.02 Å². The molecule has 2 aliphatic rings. The van der Waals surface area contributed by atoms with Crippen LogP contribution in [0.3, 0.4) is 0 Å². The van der Waals surface area contributed by atoms with Gasteiger partial charge in [-0.15, -0.1) is 0 Å². The highest BCUT2D eigenvalue weighted by Gasteiger charge is 2.35. The lowest BCUT2D eigenvalue weighted by Crippen LogP contribution is -2.54. The Morgan fingerprint density at radius 3 is 2.20 bits per heavy atom. The molecular formula is C25H25ClN4O4S. The SMILES string of the molecule is O=C(c1ccc(-c2cc[n+]([O-])cc2)cc1)N1CCN(S(=O)(=O)N2CCc3c(Cl)cccc3C2)CC1. The van der Waals surface area contributed by atoms with Crippen LogP contribution in [-0.4, -0.2) is 60.6 Å². The fourth-order valence-electron chi connectivity index (χ4n) is 4.61. The lowest BCUT2D eigenvalue weighted by atomic mass is 10.0. The first kappa shape index (κ1) is 23.7. The summed E-state index contributed by atoms with van der Waals surface area (Å²) in [6.07, 6.45) is 3.45. The van der Waals surface area contributed by atoms with Crippen molar-refractivity contribution in [1.82, 2.24) is 13.5 Å². The second kappa shape index (κ2) is 9.58. The Labute approximate surface area is 209 Å². The maximum atomic E-state index is 13.3. The van der Waals surface area contributed by atoms with Crippen LogP contribution in [0.25, 0.3) is 11.1 Å². The molecule has 35 heavy (non-hydrogen) atoms. The predicted molar refractivity (Wildman–Crippen MR) is 133 cm³/mol. The van der Waals surface area contributed by atoms with Crippen LogP contribution in [0.1, 0.15) is 21.5 Å². The molecule has 0 spiro atoms. The molecule has 0 aliphatic carbocycles. The standard InChI is InChI=1S/C25H25ClN4O4S/c26-24-3-1-2-22-18-30(13-10-23(22)24)35(33,34)29-16-14-27(15-17-29)25(31)21-6-4-19(5-7-21)20-8-11-28(32)12-9-20/h1-9,11-12H,10,13-18H2. The quantitative estimate of drug-likeness (QED) is 0.397. The summed E-state index contributed by atoms with van der Waals surface area (Å²) in [5.74, 6) is -0.124. The van der Waals surface area contributed by atoms with Gasteiger partial charge in [0.1, 0.15) is 0 Å². The molecule has 10 heteroatoms. The fraction of sp³-hybridized carbons (Fsp3) is 0.280. The zero-order valence-corrected chi connectivity index (χ0v) is 20.6. The maximum absolute atomic E-state index is 13.3. The second-order valence-corrected chi connectivity index (χ2v) is 11.0. The minimum atomic E-state index is -3.63. The van der Waals surface area contributed by atoms with Crippen molar-refractivity contribution in [3.05, 3.63) is 93.9 Å². The number of amides is 1. The third-order valence-corrected chi connectivity index (χ3v) is 8.96. The summed E-state index contributed by atoms with van der Waals surface area (Å²) < 4.78 is 30.2. The van der Waals surface area contributed by atoms with Crippen molar-refractivity contribution in [3.63, 3.8) is 0 Å². The van der Waals surface area contributed by atoms with Crippen LogP contribution >= 0.6 is 11.6 Å². The molecule has 1 saturated heterocycles. The van der Waals surface area contributed by atoms with Gasteiger partial charge in [-0.25, -0.2) is 0 Å². The molecule has 8 nitrogen and oxygen atoms in total. The first-order valence-electron chi connectivity index (χ1n) is 11.4. The minimum Gasteiger partial charge on any atom is -0.619 e. The van der Waals surface area contributed by atoms with Crippen molar-refractivity contribution in [1.29, 1.82) is 0 Å². The molecule has 1 fully saturated rings. The Morgan fingerprint density at radius 1 is 0.857 bits per heavy atom. The van der Waals surface area contributed by atoms with Gasteiger partial charge in [-0.3, -0.25) is 4.79 Å². The van der Waals surface area contributed by atoms with Gasteiger partial charge in [0.15, 0.2) is 12.4 Å². The van der Waals surface area contributed by atoms with Gasteiger partial charge in [0.25, 0.3) is 16.1 Å². The van der Waals surface area contributed by atoms with Crippen LogP contribution in [0.5, 0.6) is 0 Å². The number of rotatable bonds is 4. The molecule has 2 aliphatic heterocycles. The molecule has 1 amide bonds. The normalized spacial score (nSPS) is 17.2. The number of carbonyl (C=O) groups excluding carboxylic acids is 1. The Hall–Kier alpha value is -2.98. The van der Waals surface area contributed by atoms with Crippen molar-refractivity contribution in [3.8, 4) is 11.1 Å². The molecule has 2 aromatic carbocycles. The molecule has 3 aromatic rings. The van der Waals surface area contributed by atoms with Crippen LogP contribution < -0.4 is 4.73 Å². The van der Waals surface area contributed by atoms with E-state index < -0.39 is 10.2 Å². The zero-order chi connectivity index (χ0) is 24.6. The molecule has 1 aromatic heterocycles. The van der Waals surface area contributed by atoms with Crippen LogP contribution in [0.15, 0.2) is 67.0 Å². The van der Waals surface area contributed by atoms with Gasteiger partial charge in [-0.1, -0.05) is 35.9 Å². The van der Waals surface area contributed by atoms with E-state index in [1.165, 1.54) is 21.0 Å². The topological polar surface area (TPSA) is 87.9 Å². The third-order valence-electron chi connectivity index (χ3n) is 6.62. The van der Waals surface area contributed by atoms with Gasteiger partial charge in [0.2, 0.25) is 0 Å². The monoisotopic (exact) mass is 512 g/mol. The number of aromatic nitrogens is 1. The molecule has 0 N–H and O–H groups in total. The van der Waals surface area contributed by atoms with E-state index >= 15 is 0 Å². The Bertz CT molecular complexity index is 1340. The van der Waals surface area contributed by atoms with E-state index in [2.05, 4.69) is 0 Å². The van der Waals surface area contributed by atoms with Gasteiger partial charge in [0.05, 0.1) is 0 Å². The number of pyridine rings is 1. The van der Waals surface area contributed by atoms with Gasteiger partial charge in [0, 0.05) is 62.0 Å². The number of fused-ring (bicyclic) bond motifs is 1. The molecule has 3 heterocycles. The molecule has 0 unspecified atom stereocenters. The number of benzene rings is 2. The van der Waals surface area contributed by atoms with Gasteiger partial charge in [-0.05, 0) is 46.9 Å². The van der Waals surface area contributed by atoms with E-state index in [9.17, 15) is 18.4 Å². The van der Waals surface area contributed by atoms with Crippen LogP contribution in [-0.2, 0) is 23.2 Å². The van der Waals surface area contributed by atoms with Crippen molar-refractivity contribution in [2.75, 3.05) is 32.7 Å². The highest BCUT2D eigenvalue weighted by molar-refractivity contribution is 7.86. The van der Waals surface area contributed by atoms with Crippen molar-refractivity contribution < 1.29 is 17.9 Å². The Kier molecular flexibility index (Phi) is 6.50. The van der Waals surface area contributed by atoms with E-state index in [1.807, 2.05) is 30.3 Å². The molecule has 0 atom stereocenters. The number of piperazine rings is 1. The second-order valence-electron chi connectivity index (χ2n) is 8.68. The molecule has 0 saturated carbocycles. The summed E-state index contributed by atoms with van der Waals surface area (Å²) in [4.78, 5) is 14.7. The first-order valence-corrected chi connectivity index (χ1v) is 13.2. The summed E-state index contributed by atoms with van der Waals surface area (Å²) in [5, 5.41) is 11.9. The molecular weight excluding hydrogens is 488 g/mol. The number of nitrogens with zero attached hydrogens (tertiary/aromatic N) is 4. The van der Waals surface area contributed by atoms with Gasteiger partial charge in [-0.2, -0.15) is 21.8 Å². The predicted octanol–water partition coefficient (Wildman–Crippen LogP) is 2.70. The third kappa shape index (κ3) is 4.77. The first-order chi connectivity index (χ1) is 16.8. The summed E-state index contributed by atoms with van der Waals surface area (Å²) in [7, 11) is -3.63. The average molecular weight is 513 g/mol. The smallest absolute Gasteiger partial charge is 0.282 e. The van der Waals surface area contributed by atoms with E-state index in [0.717, 1.165) is 27.0 Å². The zero-order valence-electron chi connectivity index (χ0n) is 19.0. The highest BCUT2D eigenvalue weighted by Crippen LogP contribution is 2.28. The largest absolute Gasteiger partial charge is 0.619 e. The summed E-state index contributed by atoms with van der Waals surface area (Å²) in [6.45, 7) is 1.87. The van der Waals surface area contributed by atoms with E-state index in [-0.39, 0.29) is 19.0 Å². The van der Waals surface area contributed by atoms with E-state index in [1.54, 1.807) is 29.2 Å². The number of hydrogen-bond acceptors (Lipinski definition) is 4. The lowest BCUT2D eigenvalue weighted by Gasteiger charge is -2.38. The fourth-order valence-corrected chi connectivity index (χ4v) is 6.48. The van der Waals surface area contributed by atoms with E-state index in [4.69, 9.17) is 11.6 Å². The number of halogens is 1. The van der Waals surface area contributed by atoms with Gasteiger partial charge < -0.3 is 10.1 Å². The summed E-state index contributed by atoms with van der Waals surface area (Å²) >= 11 is 6.27. The van der Waals surface area contributed by atoms with Crippen LogP contribution in [0.4, 0.5) is 0 Å². The Balaban J connectivity index is 1.21. The van der Waals surface area contributed by atoms with Crippen molar-refractivity contribution in [2.24, 2.45) is 0 Å².